The summed E-state index contributed by atoms with van der Waals surface area (Å²) in [5.41, 5.74) is 6.99. The monoisotopic (exact) mass is 284 g/mol. The molecule has 1 aromatic carbocycles. The highest BCUT2D eigenvalue weighted by atomic mass is 35.5. The maximum absolute atomic E-state index is 6.15. The number of hydrogen-bond acceptors (Lipinski definition) is 3. The molecule has 0 saturated heterocycles. The molecule has 0 spiro atoms. The van der Waals surface area contributed by atoms with Gasteiger partial charge in [0.1, 0.15) is 12.2 Å². The summed E-state index contributed by atoms with van der Waals surface area (Å²) >= 11 is 12.3. The van der Waals surface area contributed by atoms with Crippen molar-refractivity contribution < 1.29 is 0 Å². The van der Waals surface area contributed by atoms with Crippen molar-refractivity contribution in [2.24, 2.45) is 5.73 Å². The van der Waals surface area contributed by atoms with Crippen LogP contribution in [0.4, 0.5) is 0 Å². The van der Waals surface area contributed by atoms with Crippen molar-refractivity contribution in [3.05, 3.63) is 46.0 Å². The molecular formula is C12H14Cl2N4. The van der Waals surface area contributed by atoms with E-state index in [1.165, 1.54) is 6.33 Å². The first-order valence-corrected chi connectivity index (χ1v) is 6.45. The lowest BCUT2D eigenvalue weighted by molar-refractivity contribution is 0.557. The third-order valence-electron chi connectivity index (χ3n) is 2.76. The van der Waals surface area contributed by atoms with E-state index in [1.54, 1.807) is 16.8 Å². The standard InChI is InChI=1S/C12H14Cl2N4/c1-2-18-12(16-7-17-18)11(15)6-8-9(13)4-3-5-10(8)14/h3-5,7,11H,2,6,15H2,1H3. The van der Waals surface area contributed by atoms with E-state index in [9.17, 15) is 0 Å². The number of aromatic nitrogens is 3. The van der Waals surface area contributed by atoms with Crippen LogP contribution in [-0.2, 0) is 13.0 Å². The summed E-state index contributed by atoms with van der Waals surface area (Å²) in [5.74, 6) is 0.744. The van der Waals surface area contributed by atoms with Crippen LogP contribution in [0, 0.1) is 0 Å². The van der Waals surface area contributed by atoms with Crippen LogP contribution in [-0.4, -0.2) is 14.8 Å². The SMILES string of the molecule is CCn1ncnc1C(N)Cc1c(Cl)cccc1Cl. The highest BCUT2D eigenvalue weighted by Crippen LogP contribution is 2.27. The topological polar surface area (TPSA) is 56.7 Å². The quantitative estimate of drug-likeness (QED) is 0.939. The Morgan fingerprint density at radius 3 is 2.61 bits per heavy atom. The Morgan fingerprint density at radius 2 is 2.00 bits per heavy atom. The molecule has 6 heteroatoms. The first-order valence-electron chi connectivity index (χ1n) is 5.69. The van der Waals surface area contributed by atoms with Crippen molar-refractivity contribution in [1.82, 2.24) is 14.8 Å². The van der Waals surface area contributed by atoms with Gasteiger partial charge in [-0.1, -0.05) is 29.3 Å². The summed E-state index contributed by atoms with van der Waals surface area (Å²) in [7, 11) is 0. The van der Waals surface area contributed by atoms with Gasteiger partial charge >= 0.3 is 0 Å². The summed E-state index contributed by atoms with van der Waals surface area (Å²) < 4.78 is 1.77. The second-order valence-electron chi connectivity index (χ2n) is 3.94. The maximum atomic E-state index is 6.15. The molecule has 1 unspecified atom stereocenters. The minimum absolute atomic E-state index is 0.273. The third-order valence-corrected chi connectivity index (χ3v) is 3.47. The van der Waals surface area contributed by atoms with Crippen LogP contribution in [0.1, 0.15) is 24.4 Å². The Kier molecular flexibility index (Phi) is 4.22. The predicted molar refractivity (Wildman–Crippen MR) is 72.8 cm³/mol. The largest absolute Gasteiger partial charge is 0.321 e. The van der Waals surface area contributed by atoms with Gasteiger partial charge in [-0.05, 0) is 31.0 Å². The van der Waals surface area contributed by atoms with E-state index in [1.807, 2.05) is 13.0 Å². The lowest BCUT2D eigenvalue weighted by Crippen LogP contribution is -2.19. The Hall–Kier alpha value is -1.10. The van der Waals surface area contributed by atoms with Crippen molar-refractivity contribution in [3.63, 3.8) is 0 Å². The van der Waals surface area contributed by atoms with Crippen LogP contribution < -0.4 is 5.73 Å². The van der Waals surface area contributed by atoms with Gasteiger partial charge in [0.25, 0.3) is 0 Å². The number of aryl methyl sites for hydroxylation is 1. The summed E-state index contributed by atoms with van der Waals surface area (Å²) in [6.07, 6.45) is 2.05. The van der Waals surface area contributed by atoms with Crippen LogP contribution in [0.5, 0.6) is 0 Å². The van der Waals surface area contributed by atoms with Gasteiger partial charge < -0.3 is 5.73 Å². The van der Waals surface area contributed by atoms with Gasteiger partial charge in [0.05, 0.1) is 6.04 Å². The Bertz CT molecular complexity index is 518. The molecule has 1 aromatic heterocycles. The fourth-order valence-electron chi connectivity index (χ4n) is 1.84. The molecule has 2 aromatic rings. The molecule has 0 aliphatic carbocycles. The van der Waals surface area contributed by atoms with Gasteiger partial charge in [0, 0.05) is 16.6 Å². The maximum Gasteiger partial charge on any atom is 0.144 e. The number of benzene rings is 1. The van der Waals surface area contributed by atoms with Gasteiger partial charge in [-0.2, -0.15) is 5.10 Å². The zero-order valence-electron chi connectivity index (χ0n) is 9.98. The van der Waals surface area contributed by atoms with Crippen molar-refractivity contribution in [3.8, 4) is 0 Å². The number of halogens is 2. The highest BCUT2D eigenvalue weighted by Gasteiger charge is 2.16. The lowest BCUT2D eigenvalue weighted by atomic mass is 10.1. The molecular weight excluding hydrogens is 271 g/mol. The smallest absolute Gasteiger partial charge is 0.144 e. The number of hydrogen-bond donors (Lipinski definition) is 1. The van der Waals surface area contributed by atoms with Crippen molar-refractivity contribution in [2.75, 3.05) is 0 Å². The minimum atomic E-state index is -0.273. The van der Waals surface area contributed by atoms with E-state index in [4.69, 9.17) is 28.9 Å². The molecule has 0 radical (unpaired) electrons. The second kappa shape index (κ2) is 5.69. The van der Waals surface area contributed by atoms with Gasteiger partial charge in [0.2, 0.25) is 0 Å². The number of nitrogens with zero attached hydrogens (tertiary/aromatic N) is 3. The summed E-state index contributed by atoms with van der Waals surface area (Å²) in [5, 5.41) is 5.35. The summed E-state index contributed by atoms with van der Waals surface area (Å²) in [4.78, 5) is 4.18. The van der Waals surface area contributed by atoms with E-state index in [2.05, 4.69) is 10.1 Å². The lowest BCUT2D eigenvalue weighted by Gasteiger charge is -2.14. The second-order valence-corrected chi connectivity index (χ2v) is 4.76. The molecule has 0 aliphatic heterocycles. The van der Waals surface area contributed by atoms with Crippen LogP contribution >= 0.6 is 23.2 Å². The first-order chi connectivity index (χ1) is 8.63. The van der Waals surface area contributed by atoms with Crippen molar-refractivity contribution in [1.29, 1.82) is 0 Å². The average molecular weight is 285 g/mol. The van der Waals surface area contributed by atoms with Gasteiger partial charge in [-0.15, -0.1) is 0 Å². The molecule has 2 N–H and O–H groups in total. The molecule has 18 heavy (non-hydrogen) atoms. The molecule has 0 amide bonds. The van der Waals surface area contributed by atoms with E-state index in [0.717, 1.165) is 17.9 Å². The van der Waals surface area contributed by atoms with Crippen LogP contribution in [0.15, 0.2) is 24.5 Å². The van der Waals surface area contributed by atoms with Gasteiger partial charge in [-0.3, -0.25) is 0 Å². The molecule has 0 aliphatic rings. The Balaban J connectivity index is 2.24. The molecule has 0 saturated carbocycles. The van der Waals surface area contributed by atoms with E-state index in [0.29, 0.717) is 16.5 Å². The summed E-state index contributed by atoms with van der Waals surface area (Å²) in [6, 6.07) is 5.15. The molecule has 96 valence electrons. The molecule has 1 atom stereocenters. The van der Waals surface area contributed by atoms with Crippen molar-refractivity contribution in [2.45, 2.75) is 25.9 Å². The fourth-order valence-corrected chi connectivity index (χ4v) is 2.39. The highest BCUT2D eigenvalue weighted by molar-refractivity contribution is 6.35. The van der Waals surface area contributed by atoms with Gasteiger partial charge in [0.15, 0.2) is 0 Å². The van der Waals surface area contributed by atoms with Crippen LogP contribution in [0.25, 0.3) is 0 Å². The predicted octanol–water partition coefficient (Wildman–Crippen LogP) is 2.85. The van der Waals surface area contributed by atoms with Crippen molar-refractivity contribution >= 4 is 23.2 Å². The molecule has 0 fully saturated rings. The molecule has 2 rings (SSSR count). The Morgan fingerprint density at radius 1 is 1.33 bits per heavy atom. The van der Waals surface area contributed by atoms with Crippen LogP contribution in [0.3, 0.4) is 0 Å². The van der Waals surface area contributed by atoms with E-state index in [-0.39, 0.29) is 6.04 Å². The number of rotatable bonds is 4. The Labute approximate surface area is 116 Å². The average Bonchev–Trinajstić information content (AvgIpc) is 2.82. The van der Waals surface area contributed by atoms with E-state index >= 15 is 0 Å². The van der Waals surface area contributed by atoms with Crippen LogP contribution in [0.2, 0.25) is 10.0 Å². The molecule has 1 heterocycles. The fraction of sp³-hybridized carbons (Fsp3) is 0.333. The third kappa shape index (κ3) is 2.66. The minimum Gasteiger partial charge on any atom is -0.321 e. The first kappa shape index (κ1) is 13.3. The van der Waals surface area contributed by atoms with Gasteiger partial charge in [-0.25, -0.2) is 9.67 Å². The molecule has 0 bridgehead atoms. The zero-order chi connectivity index (χ0) is 13.1. The number of nitrogens with two attached hydrogens (primary N) is 1. The normalized spacial score (nSPS) is 12.7. The molecule has 4 nitrogen and oxygen atoms in total. The summed E-state index contributed by atoms with van der Waals surface area (Å²) in [6.45, 7) is 2.73. The van der Waals surface area contributed by atoms with E-state index < -0.39 is 0 Å². The zero-order valence-corrected chi connectivity index (χ0v) is 11.5.